The quantitative estimate of drug-likeness (QED) is 0.588. The topological polar surface area (TPSA) is 83.4 Å². The Morgan fingerprint density at radius 3 is 2.74 bits per heavy atom. The van der Waals surface area contributed by atoms with Crippen molar-refractivity contribution in [3.8, 4) is 0 Å². The lowest BCUT2D eigenvalue weighted by Gasteiger charge is -2.10. The van der Waals surface area contributed by atoms with Crippen molar-refractivity contribution in [3.05, 3.63) is 16.1 Å². The summed E-state index contributed by atoms with van der Waals surface area (Å²) < 4.78 is 22.0. The second-order valence-electron chi connectivity index (χ2n) is 4.06. The summed E-state index contributed by atoms with van der Waals surface area (Å²) in [5.74, 6) is 0.669. The van der Waals surface area contributed by atoms with Crippen molar-refractivity contribution < 1.29 is 8.42 Å². The predicted molar refractivity (Wildman–Crippen MR) is 79.4 cm³/mol. The van der Waals surface area contributed by atoms with Gasteiger partial charge in [-0.05, 0) is 6.42 Å². The Labute approximate surface area is 118 Å². The van der Waals surface area contributed by atoms with E-state index in [1.54, 1.807) is 18.4 Å². The standard InChI is InChI=1S/C11H20N4O2S2/c1-4-9-7-14-10(18-9)8-15-11(12-2)13-5-6-19(3,16)17/h7H,4-6,8H2,1-3H3,(H2,12,13,15). The molecule has 0 aromatic carbocycles. The average molecular weight is 304 g/mol. The van der Waals surface area contributed by atoms with Crippen LogP contribution >= 0.6 is 11.3 Å². The highest BCUT2D eigenvalue weighted by Gasteiger charge is 2.04. The van der Waals surface area contributed by atoms with Crippen LogP contribution in [0.4, 0.5) is 0 Å². The summed E-state index contributed by atoms with van der Waals surface area (Å²) in [7, 11) is -1.30. The van der Waals surface area contributed by atoms with E-state index in [9.17, 15) is 8.42 Å². The molecule has 8 heteroatoms. The summed E-state index contributed by atoms with van der Waals surface area (Å²) >= 11 is 1.66. The largest absolute Gasteiger partial charge is 0.355 e. The Kier molecular flexibility index (Phi) is 6.23. The van der Waals surface area contributed by atoms with Gasteiger partial charge in [-0.15, -0.1) is 11.3 Å². The number of aromatic nitrogens is 1. The molecule has 1 heterocycles. The molecule has 0 unspecified atom stereocenters. The molecule has 19 heavy (non-hydrogen) atoms. The van der Waals surface area contributed by atoms with Crippen molar-refractivity contribution in [1.29, 1.82) is 0 Å². The first-order valence-corrected chi connectivity index (χ1v) is 8.88. The molecule has 0 aliphatic rings. The summed E-state index contributed by atoms with van der Waals surface area (Å²) in [6, 6.07) is 0. The van der Waals surface area contributed by atoms with E-state index in [1.807, 2.05) is 6.20 Å². The highest BCUT2D eigenvalue weighted by atomic mass is 32.2. The fourth-order valence-corrected chi connectivity index (χ4v) is 2.60. The van der Waals surface area contributed by atoms with Gasteiger partial charge in [0.25, 0.3) is 0 Å². The fraction of sp³-hybridized carbons (Fsp3) is 0.636. The van der Waals surface area contributed by atoms with E-state index in [0.717, 1.165) is 11.4 Å². The first kappa shape index (κ1) is 15.9. The minimum atomic E-state index is -2.95. The number of aliphatic imine (C=N–C) groups is 1. The second kappa shape index (κ2) is 7.44. The van der Waals surface area contributed by atoms with Crippen molar-refractivity contribution in [1.82, 2.24) is 15.6 Å². The fourth-order valence-electron chi connectivity index (χ4n) is 1.33. The van der Waals surface area contributed by atoms with Crippen molar-refractivity contribution in [2.24, 2.45) is 4.99 Å². The van der Waals surface area contributed by atoms with Crippen molar-refractivity contribution in [2.45, 2.75) is 19.9 Å². The maximum Gasteiger partial charge on any atom is 0.191 e. The lowest BCUT2D eigenvalue weighted by atomic mass is 10.4. The monoisotopic (exact) mass is 304 g/mol. The van der Waals surface area contributed by atoms with E-state index in [4.69, 9.17) is 0 Å². The predicted octanol–water partition coefficient (Wildman–Crippen LogP) is 0.415. The molecule has 1 aromatic heterocycles. The zero-order valence-corrected chi connectivity index (χ0v) is 13.1. The highest BCUT2D eigenvalue weighted by Crippen LogP contribution is 2.12. The molecule has 0 spiro atoms. The number of hydrogen-bond acceptors (Lipinski definition) is 5. The third-order valence-electron chi connectivity index (χ3n) is 2.35. The van der Waals surface area contributed by atoms with E-state index in [0.29, 0.717) is 19.0 Å². The van der Waals surface area contributed by atoms with Gasteiger partial charge in [-0.1, -0.05) is 6.92 Å². The molecule has 1 aromatic rings. The molecule has 0 atom stereocenters. The molecular formula is C11H20N4O2S2. The van der Waals surface area contributed by atoms with E-state index in [1.165, 1.54) is 11.1 Å². The molecule has 6 nitrogen and oxygen atoms in total. The Hall–Kier alpha value is -1.15. The molecule has 1 rings (SSSR count). The van der Waals surface area contributed by atoms with Crippen LogP contribution in [0.3, 0.4) is 0 Å². The van der Waals surface area contributed by atoms with Crippen LogP contribution in [0.1, 0.15) is 16.8 Å². The summed E-state index contributed by atoms with van der Waals surface area (Å²) in [4.78, 5) is 9.56. The van der Waals surface area contributed by atoms with Gasteiger partial charge in [0.1, 0.15) is 14.8 Å². The molecule has 0 radical (unpaired) electrons. The first-order valence-electron chi connectivity index (χ1n) is 6.00. The summed E-state index contributed by atoms with van der Waals surface area (Å²) in [6.07, 6.45) is 4.08. The second-order valence-corrected chi connectivity index (χ2v) is 7.52. The van der Waals surface area contributed by atoms with Crippen molar-refractivity contribution >= 4 is 27.1 Å². The summed E-state index contributed by atoms with van der Waals surface area (Å²) in [5, 5.41) is 7.04. The number of nitrogens with one attached hydrogen (secondary N) is 2. The van der Waals surface area contributed by atoms with Crippen LogP contribution in [0.5, 0.6) is 0 Å². The SMILES string of the molecule is CCc1cnc(CNC(=NC)NCCS(C)(=O)=O)s1. The van der Waals surface area contributed by atoms with E-state index in [2.05, 4.69) is 27.5 Å². The zero-order chi connectivity index (χ0) is 14.3. The maximum absolute atomic E-state index is 11.0. The maximum atomic E-state index is 11.0. The molecular weight excluding hydrogens is 284 g/mol. The Balaban J connectivity index is 2.37. The van der Waals surface area contributed by atoms with Gasteiger partial charge in [0.15, 0.2) is 5.96 Å². The van der Waals surface area contributed by atoms with Crippen LogP contribution in [-0.4, -0.2) is 45.0 Å². The lowest BCUT2D eigenvalue weighted by Crippen LogP contribution is -2.39. The van der Waals surface area contributed by atoms with Crippen LogP contribution in [0.2, 0.25) is 0 Å². The van der Waals surface area contributed by atoms with E-state index in [-0.39, 0.29) is 5.75 Å². The van der Waals surface area contributed by atoms with Gasteiger partial charge in [0.2, 0.25) is 0 Å². The molecule has 0 saturated carbocycles. The lowest BCUT2D eigenvalue weighted by molar-refractivity contribution is 0.600. The van der Waals surface area contributed by atoms with Gasteiger partial charge in [-0.25, -0.2) is 13.4 Å². The smallest absolute Gasteiger partial charge is 0.191 e. The molecule has 0 amide bonds. The number of thiazole rings is 1. The van der Waals surface area contributed by atoms with Gasteiger partial charge in [-0.3, -0.25) is 4.99 Å². The number of hydrogen-bond donors (Lipinski definition) is 2. The van der Waals surface area contributed by atoms with Crippen LogP contribution in [-0.2, 0) is 22.8 Å². The first-order chi connectivity index (χ1) is 8.94. The molecule has 0 bridgehead atoms. The van der Waals surface area contributed by atoms with Gasteiger partial charge in [0.05, 0.1) is 12.3 Å². The Morgan fingerprint density at radius 2 is 2.21 bits per heavy atom. The van der Waals surface area contributed by atoms with E-state index >= 15 is 0 Å². The summed E-state index contributed by atoms with van der Waals surface area (Å²) in [6.45, 7) is 3.02. The molecule has 108 valence electrons. The number of sulfone groups is 1. The Bertz CT molecular complexity index is 523. The number of nitrogens with zero attached hydrogens (tertiary/aromatic N) is 2. The van der Waals surface area contributed by atoms with Crippen LogP contribution in [0.15, 0.2) is 11.2 Å². The molecule has 0 aliphatic carbocycles. The van der Waals surface area contributed by atoms with Crippen molar-refractivity contribution in [3.63, 3.8) is 0 Å². The minimum Gasteiger partial charge on any atom is -0.355 e. The number of rotatable bonds is 6. The van der Waals surface area contributed by atoms with Crippen LogP contribution < -0.4 is 10.6 Å². The average Bonchev–Trinajstić information content (AvgIpc) is 2.80. The molecule has 0 saturated heterocycles. The van der Waals surface area contributed by atoms with Gasteiger partial charge < -0.3 is 10.6 Å². The third kappa shape index (κ3) is 6.53. The van der Waals surface area contributed by atoms with Gasteiger partial charge >= 0.3 is 0 Å². The number of aryl methyl sites for hydroxylation is 1. The van der Waals surface area contributed by atoms with Crippen LogP contribution in [0, 0.1) is 0 Å². The van der Waals surface area contributed by atoms with Gasteiger partial charge in [-0.2, -0.15) is 0 Å². The van der Waals surface area contributed by atoms with Gasteiger partial charge in [0, 0.05) is 30.9 Å². The van der Waals surface area contributed by atoms with Crippen LogP contribution in [0.25, 0.3) is 0 Å². The number of guanidine groups is 1. The Morgan fingerprint density at radius 1 is 1.47 bits per heavy atom. The zero-order valence-electron chi connectivity index (χ0n) is 11.4. The summed E-state index contributed by atoms with van der Waals surface area (Å²) in [5.41, 5.74) is 0. The van der Waals surface area contributed by atoms with E-state index < -0.39 is 9.84 Å². The molecule has 2 N–H and O–H groups in total. The molecule has 0 aliphatic heterocycles. The van der Waals surface area contributed by atoms with Crippen molar-refractivity contribution in [2.75, 3.05) is 25.6 Å². The third-order valence-corrected chi connectivity index (χ3v) is 4.43. The normalized spacial score (nSPS) is 12.5. The highest BCUT2D eigenvalue weighted by molar-refractivity contribution is 7.90. The molecule has 0 fully saturated rings. The minimum absolute atomic E-state index is 0.0882.